The van der Waals surface area contributed by atoms with Gasteiger partial charge in [0.15, 0.2) is 0 Å². The maximum Gasteiger partial charge on any atom is 0.146 e. The number of methoxy groups -OCH3 is 1. The van der Waals surface area contributed by atoms with E-state index in [0.29, 0.717) is 18.8 Å². The zero-order valence-electron chi connectivity index (χ0n) is 10.7. The van der Waals surface area contributed by atoms with Gasteiger partial charge in [-0.15, -0.1) is 0 Å². The van der Waals surface area contributed by atoms with Gasteiger partial charge in [-0.3, -0.25) is 0 Å². The summed E-state index contributed by atoms with van der Waals surface area (Å²) in [5.74, 6) is -0.224. The highest BCUT2D eigenvalue weighted by Gasteiger charge is 2.11. The van der Waals surface area contributed by atoms with Crippen molar-refractivity contribution in [1.82, 2.24) is 0 Å². The summed E-state index contributed by atoms with van der Waals surface area (Å²) in [5.41, 5.74) is 7.14. The van der Waals surface area contributed by atoms with Crippen LogP contribution >= 0.6 is 0 Å². The van der Waals surface area contributed by atoms with E-state index in [1.165, 1.54) is 6.07 Å². The summed E-state index contributed by atoms with van der Waals surface area (Å²) in [5, 5.41) is 0. The van der Waals surface area contributed by atoms with Crippen molar-refractivity contribution in [3.8, 4) is 0 Å². The molecule has 3 nitrogen and oxygen atoms in total. The van der Waals surface area contributed by atoms with E-state index in [4.69, 9.17) is 10.5 Å². The van der Waals surface area contributed by atoms with Crippen molar-refractivity contribution in [2.24, 2.45) is 5.73 Å². The zero-order chi connectivity index (χ0) is 12.8. The van der Waals surface area contributed by atoms with E-state index in [1.807, 2.05) is 24.8 Å². The van der Waals surface area contributed by atoms with Crippen LogP contribution in [0.5, 0.6) is 0 Å². The summed E-state index contributed by atoms with van der Waals surface area (Å²) in [4.78, 5) is 1.95. The molecular formula is C13H21FN2O. The molecule has 1 rings (SSSR count). The lowest BCUT2D eigenvalue weighted by Gasteiger charge is -2.23. The van der Waals surface area contributed by atoms with E-state index in [0.717, 1.165) is 12.1 Å². The van der Waals surface area contributed by atoms with Gasteiger partial charge in [0.1, 0.15) is 5.82 Å². The summed E-state index contributed by atoms with van der Waals surface area (Å²) in [7, 11) is 1.64. The Balaban J connectivity index is 2.88. The van der Waals surface area contributed by atoms with Crippen molar-refractivity contribution in [2.45, 2.75) is 19.9 Å². The molecule has 17 heavy (non-hydrogen) atoms. The van der Waals surface area contributed by atoms with Crippen molar-refractivity contribution in [3.63, 3.8) is 0 Å². The van der Waals surface area contributed by atoms with Gasteiger partial charge >= 0.3 is 0 Å². The standard InChI is InChI=1S/C13H21FN2O/c1-4-16(7-8-17-3)13-6-5-11(10(2)15)9-12(13)14/h5-6,9-10H,4,7-8,15H2,1-3H3/t10-/m0/s1. The van der Waals surface area contributed by atoms with Gasteiger partial charge in [0, 0.05) is 26.2 Å². The highest BCUT2D eigenvalue weighted by molar-refractivity contribution is 5.49. The number of anilines is 1. The molecule has 0 fully saturated rings. The van der Waals surface area contributed by atoms with Crippen LogP contribution in [-0.4, -0.2) is 26.8 Å². The monoisotopic (exact) mass is 240 g/mol. The molecule has 96 valence electrons. The van der Waals surface area contributed by atoms with Crippen LogP contribution in [0.1, 0.15) is 25.5 Å². The highest BCUT2D eigenvalue weighted by Crippen LogP contribution is 2.22. The Morgan fingerprint density at radius 3 is 2.65 bits per heavy atom. The predicted molar refractivity (Wildman–Crippen MR) is 68.8 cm³/mol. The third-order valence-corrected chi connectivity index (χ3v) is 2.79. The van der Waals surface area contributed by atoms with Crippen LogP contribution in [0.4, 0.5) is 10.1 Å². The SMILES string of the molecule is CCN(CCOC)c1ccc([C@H](C)N)cc1F. The van der Waals surface area contributed by atoms with Gasteiger partial charge < -0.3 is 15.4 Å². The Labute approximate surface area is 102 Å². The van der Waals surface area contributed by atoms with Crippen molar-refractivity contribution < 1.29 is 9.13 Å². The first-order chi connectivity index (χ1) is 8.10. The molecule has 2 N–H and O–H groups in total. The zero-order valence-corrected chi connectivity index (χ0v) is 10.7. The fraction of sp³-hybridized carbons (Fsp3) is 0.538. The second-order valence-electron chi connectivity index (χ2n) is 4.07. The largest absolute Gasteiger partial charge is 0.383 e. The first-order valence-corrected chi connectivity index (χ1v) is 5.89. The molecule has 0 aliphatic rings. The number of hydrogen-bond donors (Lipinski definition) is 1. The van der Waals surface area contributed by atoms with E-state index in [1.54, 1.807) is 13.2 Å². The Bertz CT molecular complexity index is 355. The minimum absolute atomic E-state index is 0.146. The van der Waals surface area contributed by atoms with E-state index in [2.05, 4.69) is 0 Å². The van der Waals surface area contributed by atoms with Crippen LogP contribution in [-0.2, 0) is 4.74 Å². The fourth-order valence-electron chi connectivity index (χ4n) is 1.71. The molecule has 0 aromatic heterocycles. The number of benzene rings is 1. The van der Waals surface area contributed by atoms with Gasteiger partial charge in [-0.2, -0.15) is 0 Å². The minimum atomic E-state index is -0.224. The first-order valence-electron chi connectivity index (χ1n) is 5.89. The van der Waals surface area contributed by atoms with Crippen LogP contribution in [0, 0.1) is 5.82 Å². The average molecular weight is 240 g/mol. The quantitative estimate of drug-likeness (QED) is 0.829. The predicted octanol–water partition coefficient (Wildman–Crippen LogP) is 2.32. The second-order valence-corrected chi connectivity index (χ2v) is 4.07. The van der Waals surface area contributed by atoms with Gasteiger partial charge in [0.05, 0.1) is 12.3 Å². The second kappa shape index (κ2) is 6.57. The molecule has 0 amide bonds. The van der Waals surface area contributed by atoms with Crippen LogP contribution in [0.25, 0.3) is 0 Å². The molecule has 0 saturated carbocycles. The molecule has 1 aromatic rings. The average Bonchev–Trinajstić information content (AvgIpc) is 2.31. The number of halogens is 1. The summed E-state index contributed by atoms with van der Waals surface area (Å²) in [6.45, 7) is 5.85. The number of nitrogens with two attached hydrogens (primary N) is 1. The van der Waals surface area contributed by atoms with Crippen molar-refractivity contribution >= 4 is 5.69 Å². The van der Waals surface area contributed by atoms with E-state index in [9.17, 15) is 4.39 Å². The first kappa shape index (κ1) is 13.9. The number of likely N-dealkylation sites (N-methyl/N-ethyl adjacent to an activating group) is 1. The summed E-state index contributed by atoms with van der Waals surface area (Å²) >= 11 is 0. The number of hydrogen-bond acceptors (Lipinski definition) is 3. The lowest BCUT2D eigenvalue weighted by Crippen LogP contribution is -2.27. The van der Waals surface area contributed by atoms with Gasteiger partial charge in [-0.05, 0) is 31.5 Å². The van der Waals surface area contributed by atoms with Crippen LogP contribution in [0.3, 0.4) is 0 Å². The van der Waals surface area contributed by atoms with Gasteiger partial charge in [-0.25, -0.2) is 4.39 Å². The molecule has 0 unspecified atom stereocenters. The third-order valence-electron chi connectivity index (χ3n) is 2.79. The number of nitrogens with zero attached hydrogens (tertiary/aromatic N) is 1. The molecule has 0 aliphatic carbocycles. The highest BCUT2D eigenvalue weighted by atomic mass is 19.1. The maximum atomic E-state index is 13.9. The Morgan fingerprint density at radius 1 is 1.47 bits per heavy atom. The molecule has 0 radical (unpaired) electrons. The maximum absolute atomic E-state index is 13.9. The normalized spacial score (nSPS) is 12.5. The molecule has 1 aromatic carbocycles. The smallest absolute Gasteiger partial charge is 0.146 e. The minimum Gasteiger partial charge on any atom is -0.383 e. The Hall–Kier alpha value is -1.13. The lowest BCUT2D eigenvalue weighted by atomic mass is 10.1. The molecule has 0 heterocycles. The molecule has 1 atom stereocenters. The summed E-state index contributed by atoms with van der Waals surface area (Å²) in [6, 6.07) is 5.02. The molecule has 0 bridgehead atoms. The van der Waals surface area contributed by atoms with Gasteiger partial charge in [0.2, 0.25) is 0 Å². The van der Waals surface area contributed by atoms with Crippen molar-refractivity contribution in [1.29, 1.82) is 0 Å². The van der Waals surface area contributed by atoms with Crippen LogP contribution in [0.2, 0.25) is 0 Å². The lowest BCUT2D eigenvalue weighted by molar-refractivity contribution is 0.205. The van der Waals surface area contributed by atoms with Crippen LogP contribution < -0.4 is 10.6 Å². The van der Waals surface area contributed by atoms with Gasteiger partial charge in [0.25, 0.3) is 0 Å². The Kier molecular flexibility index (Phi) is 5.38. The van der Waals surface area contributed by atoms with E-state index in [-0.39, 0.29) is 11.9 Å². The summed E-state index contributed by atoms with van der Waals surface area (Å²) in [6.07, 6.45) is 0. The topological polar surface area (TPSA) is 38.5 Å². The third kappa shape index (κ3) is 3.68. The summed E-state index contributed by atoms with van der Waals surface area (Å²) < 4.78 is 19.0. The van der Waals surface area contributed by atoms with Crippen LogP contribution in [0.15, 0.2) is 18.2 Å². The molecule has 0 spiro atoms. The van der Waals surface area contributed by atoms with Gasteiger partial charge in [-0.1, -0.05) is 6.07 Å². The molecule has 0 saturated heterocycles. The van der Waals surface area contributed by atoms with E-state index >= 15 is 0 Å². The molecule has 4 heteroatoms. The van der Waals surface area contributed by atoms with E-state index < -0.39 is 0 Å². The van der Waals surface area contributed by atoms with Crippen molar-refractivity contribution in [2.75, 3.05) is 31.7 Å². The Morgan fingerprint density at radius 2 is 2.18 bits per heavy atom. The number of ether oxygens (including phenoxy) is 1. The number of rotatable bonds is 6. The fourth-order valence-corrected chi connectivity index (χ4v) is 1.71. The molecular weight excluding hydrogens is 219 g/mol. The molecule has 0 aliphatic heterocycles. The van der Waals surface area contributed by atoms with Crippen molar-refractivity contribution in [3.05, 3.63) is 29.6 Å².